The molecule has 1 saturated carbocycles. The lowest BCUT2D eigenvalue weighted by atomic mass is 10.0. The second-order valence-corrected chi connectivity index (χ2v) is 9.33. The Labute approximate surface area is 198 Å². The van der Waals surface area contributed by atoms with Gasteiger partial charge in [-0.2, -0.15) is 4.98 Å². The fraction of sp³-hybridized carbons (Fsp3) is 0.360. The van der Waals surface area contributed by atoms with Gasteiger partial charge in [0.1, 0.15) is 22.8 Å². The van der Waals surface area contributed by atoms with E-state index >= 15 is 0 Å². The van der Waals surface area contributed by atoms with E-state index in [-0.39, 0.29) is 11.9 Å². The van der Waals surface area contributed by atoms with Gasteiger partial charge in [0.25, 0.3) is 5.91 Å². The van der Waals surface area contributed by atoms with Crippen molar-refractivity contribution < 1.29 is 9.90 Å². The number of carbonyl (C=O) groups excluding carboxylic acids is 1. The Hall–Kier alpha value is -3.56. The van der Waals surface area contributed by atoms with Crippen LogP contribution < -0.4 is 21.3 Å². The van der Waals surface area contributed by atoms with Gasteiger partial charge in [0.15, 0.2) is 0 Å². The largest absolute Gasteiger partial charge is 0.384 e. The fourth-order valence-corrected chi connectivity index (χ4v) is 3.85. The van der Waals surface area contributed by atoms with E-state index < -0.39 is 5.60 Å². The zero-order chi connectivity index (χ0) is 23.7. The Morgan fingerprint density at radius 2 is 1.97 bits per heavy atom. The summed E-state index contributed by atoms with van der Waals surface area (Å²) < 4.78 is 0. The molecule has 9 nitrogen and oxygen atoms in total. The van der Waals surface area contributed by atoms with Crippen molar-refractivity contribution in [3.8, 4) is 0 Å². The highest BCUT2D eigenvalue weighted by Gasteiger charge is 2.26. The van der Waals surface area contributed by atoms with Crippen LogP contribution in [0.5, 0.6) is 0 Å². The van der Waals surface area contributed by atoms with Crippen LogP contribution in [-0.2, 0) is 18.6 Å². The van der Waals surface area contributed by atoms with Crippen LogP contribution >= 0.6 is 0 Å². The van der Waals surface area contributed by atoms with Crippen molar-refractivity contribution >= 4 is 29.2 Å². The van der Waals surface area contributed by atoms with Crippen LogP contribution in [0.15, 0.2) is 42.6 Å². The van der Waals surface area contributed by atoms with Gasteiger partial charge in [0.05, 0.1) is 5.69 Å². The average Bonchev–Trinajstić information content (AvgIpc) is 3.63. The Morgan fingerprint density at radius 1 is 1.12 bits per heavy atom. The lowest BCUT2D eigenvalue weighted by Gasteiger charge is -2.19. The Bertz CT molecular complexity index is 1220. The maximum atomic E-state index is 12.8. The van der Waals surface area contributed by atoms with Crippen molar-refractivity contribution in [2.45, 2.75) is 51.3 Å². The van der Waals surface area contributed by atoms with Gasteiger partial charge in [-0.1, -0.05) is 12.1 Å². The van der Waals surface area contributed by atoms with Gasteiger partial charge in [0, 0.05) is 24.5 Å². The minimum Gasteiger partial charge on any atom is -0.384 e. The molecule has 0 radical (unpaired) electrons. The van der Waals surface area contributed by atoms with Crippen LogP contribution in [0.1, 0.15) is 53.9 Å². The molecule has 3 aromatic rings. The second kappa shape index (κ2) is 9.00. The first-order valence-corrected chi connectivity index (χ1v) is 11.6. The highest BCUT2D eigenvalue weighted by Crippen LogP contribution is 2.26. The van der Waals surface area contributed by atoms with Crippen molar-refractivity contribution in [1.82, 2.24) is 25.6 Å². The molecular formula is C25H29N7O2. The zero-order valence-corrected chi connectivity index (χ0v) is 19.4. The highest BCUT2D eigenvalue weighted by molar-refractivity contribution is 5.99. The van der Waals surface area contributed by atoms with E-state index in [1.165, 1.54) is 17.3 Å². The number of nitrogens with zero attached hydrogens (tertiary/aromatic N) is 3. The molecule has 0 atom stereocenters. The topological polar surface area (TPSA) is 124 Å². The number of hydrogen-bond acceptors (Lipinski definition) is 8. The summed E-state index contributed by atoms with van der Waals surface area (Å²) >= 11 is 0. The molecule has 34 heavy (non-hydrogen) atoms. The third-order valence-corrected chi connectivity index (χ3v) is 5.92. The third kappa shape index (κ3) is 5.16. The van der Waals surface area contributed by atoms with Gasteiger partial charge in [-0.05, 0) is 75.0 Å². The molecule has 0 bridgehead atoms. The quantitative estimate of drug-likeness (QED) is 0.365. The van der Waals surface area contributed by atoms with Crippen molar-refractivity contribution in [2.24, 2.45) is 0 Å². The molecule has 0 unspecified atom stereocenters. The van der Waals surface area contributed by atoms with E-state index in [1.54, 1.807) is 32.0 Å². The van der Waals surface area contributed by atoms with Crippen molar-refractivity contribution in [2.75, 3.05) is 17.2 Å². The number of aromatic nitrogens is 3. The molecule has 5 N–H and O–H groups in total. The first-order valence-electron chi connectivity index (χ1n) is 11.6. The van der Waals surface area contributed by atoms with Crippen LogP contribution in [0.3, 0.4) is 0 Å². The molecule has 3 heterocycles. The summed E-state index contributed by atoms with van der Waals surface area (Å²) in [6, 6.07) is 11.8. The summed E-state index contributed by atoms with van der Waals surface area (Å²) in [4.78, 5) is 26.3. The number of pyridine rings is 1. The number of amides is 1. The van der Waals surface area contributed by atoms with Crippen LogP contribution in [0.2, 0.25) is 0 Å². The van der Waals surface area contributed by atoms with Gasteiger partial charge in [-0.15, -0.1) is 0 Å². The predicted molar refractivity (Wildman–Crippen MR) is 130 cm³/mol. The molecule has 1 aliphatic carbocycles. The molecule has 1 amide bonds. The lowest BCUT2D eigenvalue weighted by Crippen LogP contribution is -2.27. The minimum absolute atomic E-state index is 0.207. The maximum absolute atomic E-state index is 12.8. The van der Waals surface area contributed by atoms with Gasteiger partial charge in [0.2, 0.25) is 5.95 Å². The summed E-state index contributed by atoms with van der Waals surface area (Å²) in [5.74, 6) is 0.961. The van der Waals surface area contributed by atoms with E-state index in [4.69, 9.17) is 0 Å². The molecule has 1 fully saturated rings. The number of aliphatic hydroxyl groups is 1. The Kier molecular flexibility index (Phi) is 5.89. The van der Waals surface area contributed by atoms with E-state index in [9.17, 15) is 9.90 Å². The highest BCUT2D eigenvalue weighted by atomic mass is 16.3. The minimum atomic E-state index is -1.09. The predicted octanol–water partition coefficient (Wildman–Crippen LogP) is 3.12. The van der Waals surface area contributed by atoms with Gasteiger partial charge >= 0.3 is 0 Å². The van der Waals surface area contributed by atoms with E-state index in [1.807, 2.05) is 6.07 Å². The van der Waals surface area contributed by atoms with Crippen molar-refractivity contribution in [3.63, 3.8) is 0 Å². The monoisotopic (exact) mass is 459 g/mol. The lowest BCUT2D eigenvalue weighted by molar-refractivity contribution is 0.0740. The summed E-state index contributed by atoms with van der Waals surface area (Å²) in [7, 11) is 0. The number of benzene rings is 1. The smallest absolute Gasteiger partial charge is 0.256 e. The van der Waals surface area contributed by atoms with Crippen molar-refractivity contribution in [3.05, 3.63) is 65.0 Å². The summed E-state index contributed by atoms with van der Waals surface area (Å²) in [5.41, 5.74) is 3.23. The number of hydrogen-bond donors (Lipinski definition) is 5. The van der Waals surface area contributed by atoms with E-state index in [2.05, 4.69) is 48.4 Å². The SMILES string of the molecule is CC(C)(O)c1cccc(Nc2nc(Nc3ccc4c(c3)CNCC4)ncc2C(=O)NC2CC2)n1. The zero-order valence-electron chi connectivity index (χ0n) is 19.4. The normalized spacial score (nSPS) is 15.4. The number of carbonyl (C=O) groups is 1. The van der Waals surface area contributed by atoms with Gasteiger partial charge in [-0.25, -0.2) is 9.97 Å². The van der Waals surface area contributed by atoms with Crippen LogP contribution in [-0.4, -0.2) is 38.6 Å². The first-order chi connectivity index (χ1) is 16.3. The molecule has 5 rings (SSSR count). The summed E-state index contributed by atoms with van der Waals surface area (Å²) in [5, 5.41) is 23.1. The van der Waals surface area contributed by atoms with E-state index in [0.29, 0.717) is 28.8 Å². The molecular weight excluding hydrogens is 430 g/mol. The Morgan fingerprint density at radius 3 is 2.76 bits per heavy atom. The molecule has 1 aliphatic heterocycles. The standard InChI is InChI=1S/C25H29N7O2/c1-25(2,34)20-4-3-5-21(30-20)31-22-19(23(33)28-17-8-9-17)14-27-24(32-22)29-18-7-6-15-10-11-26-13-16(15)12-18/h3-7,12,14,17,26,34H,8-11,13H2,1-2H3,(H,28,33)(H2,27,29,30,31,32). The molecule has 2 aromatic heterocycles. The molecule has 0 spiro atoms. The number of rotatable bonds is 7. The Balaban J connectivity index is 1.44. The maximum Gasteiger partial charge on any atom is 0.256 e. The number of anilines is 4. The third-order valence-electron chi connectivity index (χ3n) is 5.92. The number of fused-ring (bicyclic) bond motifs is 1. The van der Waals surface area contributed by atoms with Crippen LogP contribution in [0, 0.1) is 0 Å². The van der Waals surface area contributed by atoms with Crippen LogP contribution in [0.4, 0.5) is 23.3 Å². The molecule has 9 heteroatoms. The summed E-state index contributed by atoms with van der Waals surface area (Å²) in [6.07, 6.45) is 4.51. The van der Waals surface area contributed by atoms with Gasteiger partial charge < -0.3 is 26.4 Å². The number of nitrogens with one attached hydrogen (secondary N) is 4. The van der Waals surface area contributed by atoms with Crippen molar-refractivity contribution in [1.29, 1.82) is 0 Å². The average molecular weight is 460 g/mol. The first kappa shape index (κ1) is 22.2. The second-order valence-electron chi connectivity index (χ2n) is 9.33. The fourth-order valence-electron chi connectivity index (χ4n) is 3.85. The van der Waals surface area contributed by atoms with Gasteiger partial charge in [-0.3, -0.25) is 4.79 Å². The van der Waals surface area contributed by atoms with Crippen LogP contribution in [0.25, 0.3) is 0 Å². The summed E-state index contributed by atoms with van der Waals surface area (Å²) in [6.45, 7) is 5.18. The molecule has 1 aromatic carbocycles. The molecule has 2 aliphatic rings. The van der Waals surface area contributed by atoms with E-state index in [0.717, 1.165) is 38.0 Å². The molecule has 0 saturated heterocycles. The molecule has 176 valence electrons.